The molecular formula is C15H21ClF2N2OS. The van der Waals surface area contributed by atoms with Gasteiger partial charge in [0.05, 0.1) is 5.75 Å². The Morgan fingerprint density at radius 1 is 1.32 bits per heavy atom. The first-order valence-electron chi connectivity index (χ1n) is 7.04. The van der Waals surface area contributed by atoms with Crippen LogP contribution < -0.4 is 10.6 Å². The van der Waals surface area contributed by atoms with E-state index in [-0.39, 0.29) is 29.5 Å². The number of hydrogen-bond acceptors (Lipinski definition) is 3. The lowest BCUT2D eigenvalue weighted by atomic mass is 9.81. The van der Waals surface area contributed by atoms with E-state index in [0.717, 1.165) is 38.1 Å². The van der Waals surface area contributed by atoms with E-state index in [1.807, 2.05) is 0 Å². The minimum atomic E-state index is -0.886. The maximum atomic E-state index is 13.1. The minimum absolute atomic E-state index is 0. The number of carbonyl (C=O) groups excluding carboxylic acids is 1. The lowest BCUT2D eigenvalue weighted by Crippen LogP contribution is -2.43. The number of nitrogens with one attached hydrogen (secondary N) is 2. The minimum Gasteiger partial charge on any atom is -0.355 e. The van der Waals surface area contributed by atoms with Crippen molar-refractivity contribution in [2.45, 2.75) is 24.7 Å². The van der Waals surface area contributed by atoms with Gasteiger partial charge in [0, 0.05) is 11.4 Å². The van der Waals surface area contributed by atoms with Gasteiger partial charge in [0.2, 0.25) is 5.91 Å². The predicted octanol–water partition coefficient (Wildman–Crippen LogP) is 2.98. The summed E-state index contributed by atoms with van der Waals surface area (Å²) in [5.74, 6) is -1.63. The van der Waals surface area contributed by atoms with E-state index in [9.17, 15) is 13.6 Å². The topological polar surface area (TPSA) is 41.1 Å². The van der Waals surface area contributed by atoms with Crippen LogP contribution in [0.5, 0.6) is 0 Å². The first-order valence-corrected chi connectivity index (χ1v) is 8.02. The molecule has 1 aromatic rings. The standard InChI is InChI=1S/C15H20F2N2OS.ClH/c1-15(4-6-18-7-5-15)10-19-14(20)9-21-11-2-3-12(16)13(17)8-11;/h2-3,8,18H,4-7,9-10H2,1H3,(H,19,20);1H. The van der Waals surface area contributed by atoms with E-state index in [2.05, 4.69) is 17.6 Å². The number of rotatable bonds is 5. The Kier molecular flexibility index (Phi) is 7.59. The van der Waals surface area contributed by atoms with Crippen molar-refractivity contribution in [1.29, 1.82) is 0 Å². The van der Waals surface area contributed by atoms with Crippen molar-refractivity contribution in [2.75, 3.05) is 25.4 Å². The van der Waals surface area contributed by atoms with Gasteiger partial charge in [-0.3, -0.25) is 4.79 Å². The summed E-state index contributed by atoms with van der Waals surface area (Å²) in [7, 11) is 0. The highest BCUT2D eigenvalue weighted by atomic mass is 35.5. The summed E-state index contributed by atoms with van der Waals surface area (Å²) in [5, 5.41) is 6.23. The Labute approximate surface area is 140 Å². The molecule has 0 saturated carbocycles. The Hall–Kier alpha value is -0.850. The highest BCUT2D eigenvalue weighted by Gasteiger charge is 2.26. The molecule has 2 rings (SSSR count). The zero-order chi connectivity index (χ0) is 15.3. The third-order valence-electron chi connectivity index (χ3n) is 3.78. The first kappa shape index (κ1) is 19.2. The van der Waals surface area contributed by atoms with Crippen LogP contribution in [0.1, 0.15) is 19.8 Å². The molecule has 0 bridgehead atoms. The molecular weight excluding hydrogens is 330 g/mol. The molecule has 0 aliphatic carbocycles. The van der Waals surface area contributed by atoms with Crippen LogP contribution in [-0.4, -0.2) is 31.3 Å². The van der Waals surface area contributed by atoms with Gasteiger partial charge >= 0.3 is 0 Å². The maximum absolute atomic E-state index is 13.1. The molecule has 1 amide bonds. The number of thioether (sulfide) groups is 1. The van der Waals surface area contributed by atoms with Crippen molar-refractivity contribution in [2.24, 2.45) is 5.41 Å². The molecule has 1 aromatic carbocycles. The summed E-state index contributed by atoms with van der Waals surface area (Å²) < 4.78 is 25.8. The Morgan fingerprint density at radius 2 is 2.00 bits per heavy atom. The first-order chi connectivity index (χ1) is 9.98. The van der Waals surface area contributed by atoms with E-state index >= 15 is 0 Å². The summed E-state index contributed by atoms with van der Waals surface area (Å²) in [6, 6.07) is 3.66. The molecule has 1 aliphatic heterocycles. The van der Waals surface area contributed by atoms with Crippen LogP contribution in [0.15, 0.2) is 23.1 Å². The van der Waals surface area contributed by atoms with Crippen LogP contribution in [0.25, 0.3) is 0 Å². The van der Waals surface area contributed by atoms with Crippen LogP contribution in [-0.2, 0) is 4.79 Å². The van der Waals surface area contributed by atoms with Gasteiger partial charge < -0.3 is 10.6 Å². The molecule has 0 unspecified atom stereocenters. The van der Waals surface area contributed by atoms with E-state index < -0.39 is 11.6 Å². The lowest BCUT2D eigenvalue weighted by Gasteiger charge is -2.34. The van der Waals surface area contributed by atoms with Gasteiger partial charge in [-0.25, -0.2) is 8.78 Å². The fourth-order valence-electron chi connectivity index (χ4n) is 2.29. The number of piperidine rings is 1. The van der Waals surface area contributed by atoms with Crippen molar-refractivity contribution in [3.05, 3.63) is 29.8 Å². The fraction of sp³-hybridized carbons (Fsp3) is 0.533. The van der Waals surface area contributed by atoms with Crippen LogP contribution in [0, 0.1) is 17.0 Å². The number of halogens is 3. The predicted molar refractivity (Wildman–Crippen MR) is 87.6 cm³/mol. The molecule has 1 saturated heterocycles. The second kappa shape index (κ2) is 8.70. The van der Waals surface area contributed by atoms with Gasteiger partial charge in [0.25, 0.3) is 0 Å². The molecule has 7 heteroatoms. The van der Waals surface area contributed by atoms with Crippen LogP contribution in [0.4, 0.5) is 8.78 Å². The van der Waals surface area contributed by atoms with E-state index in [0.29, 0.717) is 11.4 Å². The molecule has 0 radical (unpaired) electrons. The zero-order valence-corrected chi connectivity index (χ0v) is 14.1. The summed E-state index contributed by atoms with van der Waals surface area (Å²) in [6.07, 6.45) is 2.09. The molecule has 22 heavy (non-hydrogen) atoms. The SMILES string of the molecule is CC1(CNC(=O)CSc2ccc(F)c(F)c2)CCNCC1.Cl. The smallest absolute Gasteiger partial charge is 0.230 e. The van der Waals surface area contributed by atoms with Crippen LogP contribution in [0.2, 0.25) is 0 Å². The average molecular weight is 351 g/mol. The van der Waals surface area contributed by atoms with Crippen molar-refractivity contribution >= 4 is 30.1 Å². The van der Waals surface area contributed by atoms with Gasteiger partial charge in [-0.15, -0.1) is 24.2 Å². The van der Waals surface area contributed by atoms with Crippen molar-refractivity contribution < 1.29 is 13.6 Å². The fourth-order valence-corrected chi connectivity index (χ4v) is 3.04. The zero-order valence-electron chi connectivity index (χ0n) is 12.5. The van der Waals surface area contributed by atoms with Crippen molar-refractivity contribution in [3.63, 3.8) is 0 Å². The monoisotopic (exact) mass is 350 g/mol. The number of hydrogen-bond donors (Lipinski definition) is 2. The summed E-state index contributed by atoms with van der Waals surface area (Å²) in [6.45, 7) is 4.80. The second-order valence-electron chi connectivity index (χ2n) is 5.70. The quantitative estimate of drug-likeness (QED) is 0.802. The van der Waals surface area contributed by atoms with E-state index in [4.69, 9.17) is 0 Å². The van der Waals surface area contributed by atoms with Crippen LogP contribution >= 0.6 is 24.2 Å². The third kappa shape index (κ3) is 5.74. The number of carbonyl (C=O) groups is 1. The maximum Gasteiger partial charge on any atom is 0.230 e. The van der Waals surface area contributed by atoms with Gasteiger partial charge in [0.1, 0.15) is 0 Å². The van der Waals surface area contributed by atoms with Crippen molar-refractivity contribution in [1.82, 2.24) is 10.6 Å². The average Bonchev–Trinajstić information content (AvgIpc) is 2.47. The molecule has 0 atom stereocenters. The lowest BCUT2D eigenvalue weighted by molar-refractivity contribution is -0.119. The molecule has 1 fully saturated rings. The molecule has 124 valence electrons. The molecule has 2 N–H and O–H groups in total. The molecule has 1 heterocycles. The molecule has 0 aromatic heterocycles. The summed E-state index contributed by atoms with van der Waals surface area (Å²) in [4.78, 5) is 12.4. The molecule has 3 nitrogen and oxygen atoms in total. The number of amides is 1. The molecule has 0 spiro atoms. The van der Waals surface area contributed by atoms with E-state index in [1.165, 1.54) is 17.8 Å². The Morgan fingerprint density at radius 3 is 2.64 bits per heavy atom. The Bertz CT molecular complexity index is 510. The van der Waals surface area contributed by atoms with Gasteiger partial charge in [-0.2, -0.15) is 0 Å². The summed E-state index contributed by atoms with van der Waals surface area (Å²) >= 11 is 1.21. The van der Waals surface area contributed by atoms with Crippen LogP contribution in [0.3, 0.4) is 0 Å². The Balaban J connectivity index is 0.00000242. The van der Waals surface area contributed by atoms with Gasteiger partial charge in [0.15, 0.2) is 11.6 Å². The van der Waals surface area contributed by atoms with Crippen molar-refractivity contribution in [3.8, 4) is 0 Å². The molecule has 1 aliphatic rings. The summed E-state index contributed by atoms with van der Waals surface area (Å²) in [5.41, 5.74) is 0.146. The van der Waals surface area contributed by atoms with E-state index in [1.54, 1.807) is 0 Å². The third-order valence-corrected chi connectivity index (χ3v) is 4.78. The number of benzene rings is 1. The highest BCUT2D eigenvalue weighted by Crippen LogP contribution is 2.27. The second-order valence-corrected chi connectivity index (χ2v) is 6.75. The van der Waals surface area contributed by atoms with Gasteiger partial charge in [-0.1, -0.05) is 6.92 Å². The van der Waals surface area contributed by atoms with Gasteiger partial charge in [-0.05, 0) is 49.5 Å². The normalized spacial score (nSPS) is 16.7. The largest absolute Gasteiger partial charge is 0.355 e. The highest BCUT2D eigenvalue weighted by molar-refractivity contribution is 8.00.